The van der Waals surface area contributed by atoms with E-state index in [4.69, 9.17) is 17.1 Å². The van der Waals surface area contributed by atoms with Crippen LogP contribution in [0.3, 0.4) is 0 Å². The van der Waals surface area contributed by atoms with Crippen LogP contribution in [0.1, 0.15) is 12.6 Å². The smallest absolute Gasteiger partial charge is 0.151 e. The highest BCUT2D eigenvalue weighted by Crippen LogP contribution is 1.99. The van der Waals surface area contributed by atoms with E-state index in [1.165, 1.54) is 0 Å². The molecule has 0 amide bonds. The Morgan fingerprint density at radius 2 is 2.58 bits per heavy atom. The number of hydrogen-bond acceptors (Lipinski definition) is 3. The first kappa shape index (κ1) is 9.15. The van der Waals surface area contributed by atoms with E-state index in [2.05, 4.69) is 9.97 Å². The number of imidazole rings is 1. The van der Waals surface area contributed by atoms with Gasteiger partial charge in [0.15, 0.2) is 4.99 Å². The van der Waals surface area contributed by atoms with E-state index in [0.29, 0.717) is 11.6 Å². The molecule has 1 N–H and O–H groups in total. The molecule has 0 fully saturated rings. The normalized spacial score (nSPS) is 9.83. The van der Waals surface area contributed by atoms with Gasteiger partial charge in [0.2, 0.25) is 0 Å². The van der Waals surface area contributed by atoms with Crippen LogP contribution in [0.4, 0.5) is 0 Å². The van der Waals surface area contributed by atoms with Crippen LogP contribution in [-0.4, -0.2) is 33.7 Å². The number of rotatable bonds is 3. The molecular weight excluding hydrogens is 174 g/mol. The third-order valence-electron chi connectivity index (χ3n) is 1.34. The van der Waals surface area contributed by atoms with Crippen molar-refractivity contribution in [3.63, 3.8) is 0 Å². The summed E-state index contributed by atoms with van der Waals surface area (Å²) in [4.78, 5) is 12.5. The third-order valence-corrected chi connectivity index (χ3v) is 1.81. The molecule has 66 valence electrons. The second kappa shape index (κ2) is 4.18. The predicted octanol–water partition coefficient (Wildman–Crippen LogP) is 0.968. The lowest BCUT2D eigenvalue weighted by atomic mass is 10.5. The lowest BCUT2D eigenvalue weighted by molar-refractivity contribution is -0.0700. The van der Waals surface area contributed by atoms with Crippen molar-refractivity contribution in [3.8, 4) is 0 Å². The topological polar surface area (TPSA) is 41.1 Å². The first-order chi connectivity index (χ1) is 5.75. The standard InChI is InChI=1S/C7H11N3OS/c1-3-11-10(2)7(12)6-4-8-5-9-6/h4-5H,3H2,1-2H3,(H,8,9). The maximum Gasteiger partial charge on any atom is 0.151 e. The molecule has 0 radical (unpaired) electrons. The van der Waals surface area contributed by atoms with Crippen LogP contribution < -0.4 is 0 Å². The van der Waals surface area contributed by atoms with Gasteiger partial charge in [0.1, 0.15) is 0 Å². The lowest BCUT2D eigenvalue weighted by Gasteiger charge is -2.16. The number of aromatic amines is 1. The van der Waals surface area contributed by atoms with Crippen LogP contribution in [0.5, 0.6) is 0 Å². The Hall–Kier alpha value is -0.940. The number of aromatic nitrogens is 2. The largest absolute Gasteiger partial charge is 0.343 e. The maximum atomic E-state index is 5.17. The van der Waals surface area contributed by atoms with Crippen molar-refractivity contribution in [1.29, 1.82) is 0 Å². The fourth-order valence-electron chi connectivity index (χ4n) is 0.795. The fraction of sp³-hybridized carbons (Fsp3) is 0.429. The maximum absolute atomic E-state index is 5.17. The molecule has 12 heavy (non-hydrogen) atoms. The minimum absolute atomic E-state index is 0.602. The number of nitrogens with zero attached hydrogens (tertiary/aromatic N) is 2. The van der Waals surface area contributed by atoms with Crippen LogP contribution in [-0.2, 0) is 4.84 Å². The average molecular weight is 185 g/mol. The van der Waals surface area contributed by atoms with E-state index in [0.717, 1.165) is 5.69 Å². The van der Waals surface area contributed by atoms with Crippen molar-refractivity contribution in [3.05, 3.63) is 18.2 Å². The van der Waals surface area contributed by atoms with Gasteiger partial charge in [-0.15, -0.1) is 0 Å². The monoisotopic (exact) mass is 185 g/mol. The van der Waals surface area contributed by atoms with Crippen LogP contribution in [0.25, 0.3) is 0 Å². The molecule has 0 spiro atoms. The Balaban J connectivity index is 2.59. The molecular formula is C7H11N3OS. The van der Waals surface area contributed by atoms with Crippen LogP contribution in [0.15, 0.2) is 12.5 Å². The van der Waals surface area contributed by atoms with Gasteiger partial charge in [-0.2, -0.15) is 0 Å². The number of nitrogens with one attached hydrogen (secondary N) is 1. The van der Waals surface area contributed by atoms with E-state index >= 15 is 0 Å². The molecule has 0 atom stereocenters. The molecule has 0 aliphatic heterocycles. The molecule has 4 nitrogen and oxygen atoms in total. The van der Waals surface area contributed by atoms with Crippen molar-refractivity contribution >= 4 is 17.2 Å². The summed E-state index contributed by atoms with van der Waals surface area (Å²) in [6.45, 7) is 2.51. The zero-order valence-corrected chi connectivity index (χ0v) is 7.89. The lowest BCUT2D eigenvalue weighted by Crippen LogP contribution is -2.26. The zero-order chi connectivity index (χ0) is 8.97. The molecule has 1 rings (SSSR count). The van der Waals surface area contributed by atoms with E-state index in [-0.39, 0.29) is 0 Å². The van der Waals surface area contributed by atoms with E-state index in [1.54, 1.807) is 24.6 Å². The van der Waals surface area contributed by atoms with Crippen LogP contribution in [0, 0.1) is 0 Å². The van der Waals surface area contributed by atoms with E-state index < -0.39 is 0 Å². The third kappa shape index (κ3) is 2.02. The molecule has 0 saturated heterocycles. The SMILES string of the molecule is CCON(C)C(=S)c1cnc[nH]1. The van der Waals surface area contributed by atoms with Gasteiger partial charge in [-0.25, -0.2) is 10.0 Å². The van der Waals surface area contributed by atoms with Crippen LogP contribution in [0.2, 0.25) is 0 Å². The molecule has 1 aromatic heterocycles. The summed E-state index contributed by atoms with van der Waals surface area (Å²) in [7, 11) is 1.77. The molecule has 1 aromatic rings. The van der Waals surface area contributed by atoms with Crippen molar-refractivity contribution in [2.75, 3.05) is 13.7 Å². The van der Waals surface area contributed by atoms with Crippen LogP contribution >= 0.6 is 12.2 Å². The Labute approximate surface area is 76.5 Å². The molecule has 0 aliphatic rings. The first-order valence-corrected chi connectivity index (χ1v) is 4.06. The Morgan fingerprint density at radius 3 is 3.08 bits per heavy atom. The molecule has 0 unspecified atom stereocenters. The first-order valence-electron chi connectivity index (χ1n) is 3.65. The molecule has 0 aliphatic carbocycles. The summed E-state index contributed by atoms with van der Waals surface area (Å²) in [5.41, 5.74) is 0.793. The number of H-pyrrole nitrogens is 1. The van der Waals surface area contributed by atoms with Crippen molar-refractivity contribution in [2.24, 2.45) is 0 Å². The van der Waals surface area contributed by atoms with Gasteiger partial charge < -0.3 is 4.98 Å². The summed E-state index contributed by atoms with van der Waals surface area (Å²) in [5.74, 6) is 0. The summed E-state index contributed by atoms with van der Waals surface area (Å²) < 4.78 is 0. The van der Waals surface area contributed by atoms with Gasteiger partial charge in [0.05, 0.1) is 24.8 Å². The molecule has 0 saturated carbocycles. The van der Waals surface area contributed by atoms with Crippen molar-refractivity contribution < 1.29 is 4.84 Å². The van der Waals surface area contributed by atoms with Gasteiger partial charge in [-0.3, -0.25) is 4.84 Å². The second-order valence-electron chi connectivity index (χ2n) is 2.19. The van der Waals surface area contributed by atoms with Gasteiger partial charge in [-0.1, -0.05) is 12.2 Å². The minimum Gasteiger partial charge on any atom is -0.343 e. The fourth-order valence-corrected chi connectivity index (χ4v) is 0.959. The van der Waals surface area contributed by atoms with E-state index in [9.17, 15) is 0 Å². The highest BCUT2D eigenvalue weighted by molar-refractivity contribution is 7.80. The molecule has 0 aromatic carbocycles. The number of hydrogen-bond donors (Lipinski definition) is 1. The summed E-state index contributed by atoms with van der Waals surface area (Å²) in [6, 6.07) is 0. The number of hydroxylamine groups is 2. The summed E-state index contributed by atoms with van der Waals surface area (Å²) >= 11 is 5.09. The quantitative estimate of drug-likeness (QED) is 0.562. The Morgan fingerprint density at radius 1 is 1.83 bits per heavy atom. The minimum atomic E-state index is 0.602. The Kier molecular flexibility index (Phi) is 3.19. The zero-order valence-electron chi connectivity index (χ0n) is 7.07. The highest BCUT2D eigenvalue weighted by atomic mass is 32.1. The molecule has 0 bridgehead atoms. The van der Waals surface area contributed by atoms with Gasteiger partial charge >= 0.3 is 0 Å². The second-order valence-corrected chi connectivity index (χ2v) is 2.57. The summed E-state index contributed by atoms with van der Waals surface area (Å²) in [6.07, 6.45) is 3.25. The highest BCUT2D eigenvalue weighted by Gasteiger charge is 2.07. The Bertz CT molecular complexity index is 247. The average Bonchev–Trinajstić information content (AvgIpc) is 2.55. The van der Waals surface area contributed by atoms with Gasteiger partial charge in [0, 0.05) is 7.05 Å². The number of thiocarbonyl (C=S) groups is 1. The molecule has 1 heterocycles. The van der Waals surface area contributed by atoms with Gasteiger partial charge in [0.25, 0.3) is 0 Å². The summed E-state index contributed by atoms with van der Waals surface area (Å²) in [5, 5.41) is 1.54. The van der Waals surface area contributed by atoms with E-state index in [1.807, 2.05) is 6.92 Å². The van der Waals surface area contributed by atoms with Crippen molar-refractivity contribution in [2.45, 2.75) is 6.92 Å². The van der Waals surface area contributed by atoms with Crippen molar-refractivity contribution in [1.82, 2.24) is 15.0 Å². The predicted molar refractivity (Wildman–Crippen MR) is 49.7 cm³/mol. The van der Waals surface area contributed by atoms with Gasteiger partial charge in [-0.05, 0) is 6.92 Å². The molecule has 5 heteroatoms.